The zero-order chi connectivity index (χ0) is 15.9. The van der Waals surface area contributed by atoms with E-state index in [9.17, 15) is 10.1 Å². The SMILES string of the molecule is CCOC(=O)c1ccc(Sc2cccc(C#N)c2C#N)cc1. The van der Waals surface area contributed by atoms with Crippen LogP contribution in [-0.4, -0.2) is 12.6 Å². The second kappa shape index (κ2) is 7.31. The van der Waals surface area contributed by atoms with Gasteiger partial charge < -0.3 is 4.74 Å². The predicted molar refractivity (Wildman–Crippen MR) is 82.4 cm³/mol. The molecule has 0 bridgehead atoms. The molecule has 0 radical (unpaired) electrons. The normalized spacial score (nSPS) is 9.59. The number of nitrogens with zero attached hydrogens (tertiary/aromatic N) is 2. The molecule has 0 spiro atoms. The third-order valence-electron chi connectivity index (χ3n) is 2.85. The second-order valence-electron chi connectivity index (χ2n) is 4.25. The molecule has 0 aliphatic heterocycles. The first-order valence-electron chi connectivity index (χ1n) is 6.57. The Labute approximate surface area is 132 Å². The highest BCUT2D eigenvalue weighted by molar-refractivity contribution is 7.99. The van der Waals surface area contributed by atoms with Crippen molar-refractivity contribution in [3.05, 3.63) is 59.2 Å². The predicted octanol–water partition coefficient (Wildman–Crippen LogP) is 3.76. The Morgan fingerprint density at radius 2 is 1.86 bits per heavy atom. The molecule has 5 heteroatoms. The van der Waals surface area contributed by atoms with Crippen molar-refractivity contribution in [2.75, 3.05) is 6.61 Å². The molecule has 0 amide bonds. The number of benzene rings is 2. The van der Waals surface area contributed by atoms with Gasteiger partial charge in [-0.3, -0.25) is 0 Å². The average molecular weight is 308 g/mol. The molecule has 2 aromatic carbocycles. The molecular weight excluding hydrogens is 296 g/mol. The minimum atomic E-state index is -0.358. The highest BCUT2D eigenvalue weighted by Gasteiger charge is 2.10. The maximum atomic E-state index is 11.6. The van der Waals surface area contributed by atoms with Crippen molar-refractivity contribution < 1.29 is 9.53 Å². The highest BCUT2D eigenvalue weighted by Crippen LogP contribution is 2.31. The van der Waals surface area contributed by atoms with Crippen LogP contribution in [0.3, 0.4) is 0 Å². The van der Waals surface area contributed by atoms with Gasteiger partial charge in [0.05, 0.1) is 23.3 Å². The summed E-state index contributed by atoms with van der Waals surface area (Å²) in [6.07, 6.45) is 0. The number of hydrogen-bond donors (Lipinski definition) is 0. The third kappa shape index (κ3) is 3.46. The summed E-state index contributed by atoms with van der Waals surface area (Å²) < 4.78 is 4.93. The lowest BCUT2D eigenvalue weighted by Gasteiger charge is -2.06. The first-order chi connectivity index (χ1) is 10.7. The molecule has 2 aromatic rings. The Balaban J connectivity index is 2.24. The van der Waals surface area contributed by atoms with Crippen LogP contribution in [0.25, 0.3) is 0 Å². The molecule has 108 valence electrons. The van der Waals surface area contributed by atoms with Crippen LogP contribution in [0.2, 0.25) is 0 Å². The second-order valence-corrected chi connectivity index (χ2v) is 5.36. The van der Waals surface area contributed by atoms with Crippen molar-refractivity contribution in [2.24, 2.45) is 0 Å². The number of nitriles is 2. The van der Waals surface area contributed by atoms with Gasteiger partial charge in [-0.15, -0.1) is 0 Å². The van der Waals surface area contributed by atoms with E-state index in [-0.39, 0.29) is 5.97 Å². The Morgan fingerprint density at radius 3 is 2.45 bits per heavy atom. The molecule has 4 nitrogen and oxygen atoms in total. The lowest BCUT2D eigenvalue weighted by Crippen LogP contribution is -2.03. The maximum absolute atomic E-state index is 11.6. The van der Waals surface area contributed by atoms with Crippen LogP contribution in [-0.2, 0) is 4.74 Å². The Morgan fingerprint density at radius 1 is 1.14 bits per heavy atom. The average Bonchev–Trinajstić information content (AvgIpc) is 2.55. The number of rotatable bonds is 4. The number of carbonyl (C=O) groups is 1. The van der Waals surface area contributed by atoms with Gasteiger partial charge in [-0.25, -0.2) is 4.79 Å². The molecule has 0 aromatic heterocycles. The van der Waals surface area contributed by atoms with E-state index in [0.717, 1.165) is 4.90 Å². The first kappa shape index (κ1) is 15.6. The topological polar surface area (TPSA) is 73.9 Å². The summed E-state index contributed by atoms with van der Waals surface area (Å²) in [6.45, 7) is 2.09. The van der Waals surface area contributed by atoms with E-state index in [1.54, 1.807) is 49.4 Å². The van der Waals surface area contributed by atoms with E-state index in [1.165, 1.54) is 11.8 Å². The van der Waals surface area contributed by atoms with Gasteiger partial charge in [0.15, 0.2) is 0 Å². The molecule has 0 saturated carbocycles. The van der Waals surface area contributed by atoms with Crippen LogP contribution in [0.1, 0.15) is 28.4 Å². The minimum Gasteiger partial charge on any atom is -0.462 e. The van der Waals surface area contributed by atoms with Gasteiger partial charge in [0, 0.05) is 9.79 Å². The zero-order valence-corrected chi connectivity index (χ0v) is 12.7. The number of carbonyl (C=O) groups excluding carboxylic acids is 1. The quantitative estimate of drug-likeness (QED) is 0.804. The Kier molecular flexibility index (Phi) is 5.19. The van der Waals surface area contributed by atoms with E-state index in [1.807, 2.05) is 6.07 Å². The summed E-state index contributed by atoms with van der Waals surface area (Å²) >= 11 is 1.38. The van der Waals surface area contributed by atoms with Crippen molar-refractivity contribution in [1.82, 2.24) is 0 Å². The van der Waals surface area contributed by atoms with Crippen LogP contribution in [0, 0.1) is 22.7 Å². The van der Waals surface area contributed by atoms with E-state index in [0.29, 0.717) is 28.2 Å². The van der Waals surface area contributed by atoms with Gasteiger partial charge in [0.25, 0.3) is 0 Å². The molecule has 0 aliphatic carbocycles. The summed E-state index contributed by atoms with van der Waals surface area (Å²) in [5.74, 6) is -0.358. The van der Waals surface area contributed by atoms with Crippen LogP contribution in [0.5, 0.6) is 0 Å². The highest BCUT2D eigenvalue weighted by atomic mass is 32.2. The fourth-order valence-corrected chi connectivity index (χ4v) is 2.76. The van der Waals surface area contributed by atoms with Crippen molar-refractivity contribution in [3.63, 3.8) is 0 Å². The lowest BCUT2D eigenvalue weighted by atomic mass is 10.1. The molecule has 22 heavy (non-hydrogen) atoms. The molecule has 0 aliphatic rings. The maximum Gasteiger partial charge on any atom is 0.338 e. The van der Waals surface area contributed by atoms with Gasteiger partial charge in [-0.05, 0) is 43.3 Å². The van der Waals surface area contributed by atoms with Gasteiger partial charge in [-0.2, -0.15) is 10.5 Å². The van der Waals surface area contributed by atoms with E-state index in [4.69, 9.17) is 10.00 Å². The summed E-state index contributed by atoms with van der Waals surface area (Å²) in [5.41, 5.74) is 1.21. The van der Waals surface area contributed by atoms with E-state index < -0.39 is 0 Å². The van der Waals surface area contributed by atoms with Gasteiger partial charge in [0.2, 0.25) is 0 Å². The number of ether oxygens (including phenoxy) is 1. The van der Waals surface area contributed by atoms with E-state index in [2.05, 4.69) is 6.07 Å². The van der Waals surface area contributed by atoms with Crippen molar-refractivity contribution in [3.8, 4) is 12.1 Å². The number of esters is 1. The largest absolute Gasteiger partial charge is 0.462 e. The van der Waals surface area contributed by atoms with Crippen LogP contribution < -0.4 is 0 Å². The number of hydrogen-bond acceptors (Lipinski definition) is 5. The molecular formula is C17H12N2O2S. The van der Waals surface area contributed by atoms with Crippen molar-refractivity contribution in [2.45, 2.75) is 16.7 Å². The van der Waals surface area contributed by atoms with Crippen LogP contribution in [0.15, 0.2) is 52.3 Å². The smallest absolute Gasteiger partial charge is 0.338 e. The standard InChI is InChI=1S/C17H12N2O2S/c1-2-21-17(20)12-6-8-14(9-7-12)22-16-5-3-4-13(10-18)15(16)11-19/h3-9H,2H2,1H3. The van der Waals surface area contributed by atoms with Gasteiger partial charge in [0.1, 0.15) is 12.1 Å². The monoisotopic (exact) mass is 308 g/mol. The molecule has 2 rings (SSSR count). The molecule has 0 heterocycles. The molecule has 0 fully saturated rings. The third-order valence-corrected chi connectivity index (χ3v) is 3.92. The molecule has 0 N–H and O–H groups in total. The zero-order valence-electron chi connectivity index (χ0n) is 11.9. The van der Waals surface area contributed by atoms with Crippen LogP contribution >= 0.6 is 11.8 Å². The Bertz CT molecular complexity index is 771. The summed E-state index contributed by atoms with van der Waals surface area (Å²) in [7, 11) is 0. The van der Waals surface area contributed by atoms with Crippen molar-refractivity contribution >= 4 is 17.7 Å². The minimum absolute atomic E-state index is 0.335. The molecule has 0 unspecified atom stereocenters. The summed E-state index contributed by atoms with van der Waals surface area (Å²) in [6, 6.07) is 16.2. The fourth-order valence-electron chi connectivity index (χ4n) is 1.83. The van der Waals surface area contributed by atoms with E-state index >= 15 is 0 Å². The summed E-state index contributed by atoms with van der Waals surface area (Å²) in [5, 5.41) is 18.2. The molecule has 0 atom stereocenters. The van der Waals surface area contributed by atoms with Crippen molar-refractivity contribution in [1.29, 1.82) is 10.5 Å². The van der Waals surface area contributed by atoms with Gasteiger partial charge >= 0.3 is 5.97 Å². The molecule has 0 saturated heterocycles. The fraction of sp³-hybridized carbons (Fsp3) is 0.118. The van der Waals surface area contributed by atoms with Gasteiger partial charge in [-0.1, -0.05) is 17.8 Å². The summed E-state index contributed by atoms with van der Waals surface area (Å²) in [4.78, 5) is 13.2. The lowest BCUT2D eigenvalue weighted by molar-refractivity contribution is 0.0526. The Hall–Kier alpha value is -2.76. The first-order valence-corrected chi connectivity index (χ1v) is 7.39. The van der Waals surface area contributed by atoms with Crippen LogP contribution in [0.4, 0.5) is 0 Å².